The summed E-state index contributed by atoms with van der Waals surface area (Å²) in [5.74, 6) is 0.650. The van der Waals surface area contributed by atoms with Crippen LogP contribution in [0.3, 0.4) is 0 Å². The Bertz CT molecular complexity index is 911. The predicted molar refractivity (Wildman–Crippen MR) is 87.7 cm³/mol. The van der Waals surface area contributed by atoms with E-state index in [1.807, 2.05) is 24.5 Å². The molecule has 4 rings (SSSR count). The Labute approximate surface area is 134 Å². The van der Waals surface area contributed by atoms with Gasteiger partial charge in [0.15, 0.2) is 11.5 Å². The average molecular weight is 331 g/mol. The molecule has 4 aromatic rings. The molecule has 0 aromatic carbocycles. The van der Waals surface area contributed by atoms with Gasteiger partial charge in [-0.2, -0.15) is 9.97 Å². The topological polar surface area (TPSA) is 71.4 Å². The summed E-state index contributed by atoms with van der Waals surface area (Å²) in [6, 6.07) is 6.12. The minimum absolute atomic E-state index is 0.179. The van der Waals surface area contributed by atoms with Crippen LogP contribution in [0.2, 0.25) is 5.28 Å². The molecule has 0 radical (unpaired) electrons. The summed E-state index contributed by atoms with van der Waals surface area (Å²) in [4.78, 5) is 15.4. The van der Waals surface area contributed by atoms with Crippen molar-refractivity contribution < 1.29 is 0 Å². The summed E-state index contributed by atoms with van der Waals surface area (Å²) < 4.78 is 2.10. The Kier molecular flexibility index (Phi) is 3.28. The fourth-order valence-electron chi connectivity index (χ4n) is 2.27. The van der Waals surface area contributed by atoms with Crippen molar-refractivity contribution in [3.63, 3.8) is 0 Å². The minimum Gasteiger partial charge on any atom is -0.364 e. The van der Waals surface area contributed by atoms with E-state index in [9.17, 15) is 0 Å². The highest BCUT2D eigenvalue weighted by Crippen LogP contribution is 2.24. The van der Waals surface area contributed by atoms with Crippen molar-refractivity contribution in [3.05, 3.63) is 53.1 Å². The normalized spacial score (nSPS) is 11.1. The number of fused-ring (bicyclic) bond motifs is 1. The fraction of sp³-hybridized carbons (Fsp3) is 0.0714. The lowest BCUT2D eigenvalue weighted by molar-refractivity contribution is 1.04. The van der Waals surface area contributed by atoms with Crippen molar-refractivity contribution >= 4 is 39.9 Å². The molecule has 0 aliphatic rings. The molecule has 0 aliphatic heterocycles. The number of nitrogens with zero attached hydrogens (tertiary/aromatic N) is 4. The first-order valence-electron chi connectivity index (χ1n) is 6.61. The van der Waals surface area contributed by atoms with Crippen LogP contribution < -0.4 is 5.32 Å². The van der Waals surface area contributed by atoms with E-state index in [2.05, 4.69) is 41.3 Å². The molecule has 0 spiro atoms. The zero-order valence-electron chi connectivity index (χ0n) is 11.3. The molecular formula is C14H11ClN6S. The number of hydrogen-bond donors (Lipinski definition) is 2. The molecule has 6 nitrogen and oxygen atoms in total. The molecule has 0 aliphatic carbocycles. The third-order valence-corrected chi connectivity index (χ3v) is 4.40. The molecule has 0 amide bonds. The van der Waals surface area contributed by atoms with Crippen LogP contribution in [0.25, 0.3) is 16.2 Å². The van der Waals surface area contributed by atoms with Gasteiger partial charge < -0.3 is 14.9 Å². The van der Waals surface area contributed by atoms with Crippen LogP contribution in [0.15, 0.2) is 42.3 Å². The summed E-state index contributed by atoms with van der Waals surface area (Å²) in [7, 11) is 0. The first kappa shape index (κ1) is 13.3. The zero-order chi connectivity index (χ0) is 14.9. The summed E-state index contributed by atoms with van der Waals surface area (Å²) in [6.07, 6.45) is 5.64. The molecule has 4 aromatic heterocycles. The van der Waals surface area contributed by atoms with Gasteiger partial charge in [-0.05, 0) is 35.2 Å². The number of rotatable bonds is 4. The molecule has 0 bridgehead atoms. The highest BCUT2D eigenvalue weighted by Gasteiger charge is 2.10. The predicted octanol–water partition coefficient (Wildman–Crippen LogP) is 3.47. The lowest BCUT2D eigenvalue weighted by Crippen LogP contribution is -2.04. The SMILES string of the molecule is Clc1nc(NCc2ccsc2-n2cccc2)c2[nH]cnc2n1. The van der Waals surface area contributed by atoms with Gasteiger partial charge in [-0.3, -0.25) is 0 Å². The molecule has 0 unspecified atom stereocenters. The standard InChI is InChI=1S/C14H11ClN6S/c15-14-19-11(10-12(20-14)18-8-17-10)16-7-9-3-6-22-13(9)21-4-1-2-5-21/h1-6,8H,7H2,(H2,16,17,18,19,20). The van der Waals surface area contributed by atoms with Gasteiger partial charge in [-0.15, -0.1) is 11.3 Å². The third-order valence-electron chi connectivity index (χ3n) is 3.27. The number of imidazole rings is 1. The smallest absolute Gasteiger partial charge is 0.226 e. The van der Waals surface area contributed by atoms with Crippen molar-refractivity contribution in [3.8, 4) is 5.00 Å². The van der Waals surface area contributed by atoms with E-state index in [-0.39, 0.29) is 5.28 Å². The van der Waals surface area contributed by atoms with Crippen LogP contribution in [-0.4, -0.2) is 24.5 Å². The highest BCUT2D eigenvalue weighted by molar-refractivity contribution is 7.12. The van der Waals surface area contributed by atoms with Gasteiger partial charge in [-0.1, -0.05) is 0 Å². The summed E-state index contributed by atoms with van der Waals surface area (Å²) in [5, 5.41) is 6.74. The zero-order valence-corrected chi connectivity index (χ0v) is 12.9. The molecule has 0 atom stereocenters. The van der Waals surface area contributed by atoms with Gasteiger partial charge >= 0.3 is 0 Å². The minimum atomic E-state index is 0.179. The van der Waals surface area contributed by atoms with Gasteiger partial charge in [-0.25, -0.2) is 4.98 Å². The number of H-pyrrole nitrogens is 1. The Hall–Kier alpha value is -2.38. The maximum atomic E-state index is 5.94. The Morgan fingerprint density at radius 2 is 2.14 bits per heavy atom. The maximum Gasteiger partial charge on any atom is 0.226 e. The number of hydrogen-bond acceptors (Lipinski definition) is 5. The molecule has 0 fully saturated rings. The Morgan fingerprint density at radius 1 is 1.27 bits per heavy atom. The summed E-state index contributed by atoms with van der Waals surface area (Å²) >= 11 is 7.63. The van der Waals surface area contributed by atoms with Crippen molar-refractivity contribution in [1.29, 1.82) is 0 Å². The number of halogens is 1. The molecular weight excluding hydrogens is 320 g/mol. The van der Waals surface area contributed by atoms with E-state index < -0.39 is 0 Å². The maximum absolute atomic E-state index is 5.94. The van der Waals surface area contributed by atoms with E-state index in [1.54, 1.807) is 17.7 Å². The number of anilines is 1. The van der Waals surface area contributed by atoms with E-state index in [1.165, 1.54) is 10.6 Å². The lowest BCUT2D eigenvalue weighted by Gasteiger charge is -2.08. The van der Waals surface area contributed by atoms with E-state index in [4.69, 9.17) is 11.6 Å². The van der Waals surface area contributed by atoms with Gasteiger partial charge in [0.05, 0.1) is 6.33 Å². The second-order valence-electron chi connectivity index (χ2n) is 4.64. The number of aromatic amines is 1. The van der Waals surface area contributed by atoms with Gasteiger partial charge in [0, 0.05) is 24.5 Å². The Morgan fingerprint density at radius 3 is 3.00 bits per heavy atom. The van der Waals surface area contributed by atoms with Crippen molar-refractivity contribution in [2.75, 3.05) is 5.32 Å². The van der Waals surface area contributed by atoms with E-state index in [0.717, 1.165) is 5.52 Å². The van der Waals surface area contributed by atoms with Crippen LogP contribution in [-0.2, 0) is 6.54 Å². The fourth-order valence-corrected chi connectivity index (χ4v) is 3.33. The molecule has 4 heterocycles. The highest BCUT2D eigenvalue weighted by atomic mass is 35.5. The summed E-state index contributed by atoms with van der Waals surface area (Å²) in [6.45, 7) is 0.637. The molecule has 2 N–H and O–H groups in total. The quantitative estimate of drug-likeness (QED) is 0.562. The van der Waals surface area contributed by atoms with Gasteiger partial charge in [0.1, 0.15) is 10.5 Å². The first-order chi connectivity index (χ1) is 10.8. The third kappa shape index (κ3) is 2.34. The Balaban J connectivity index is 1.63. The van der Waals surface area contributed by atoms with E-state index >= 15 is 0 Å². The number of nitrogens with one attached hydrogen (secondary N) is 2. The number of aromatic nitrogens is 5. The summed E-state index contributed by atoms with van der Waals surface area (Å²) in [5.41, 5.74) is 2.49. The van der Waals surface area contributed by atoms with E-state index in [0.29, 0.717) is 18.0 Å². The first-order valence-corrected chi connectivity index (χ1v) is 7.87. The lowest BCUT2D eigenvalue weighted by atomic mass is 10.3. The molecule has 0 saturated heterocycles. The molecule has 110 valence electrons. The van der Waals surface area contributed by atoms with Crippen molar-refractivity contribution in [2.45, 2.75) is 6.54 Å². The molecule has 8 heteroatoms. The second-order valence-corrected chi connectivity index (χ2v) is 5.87. The van der Waals surface area contributed by atoms with Crippen LogP contribution >= 0.6 is 22.9 Å². The molecule has 0 saturated carbocycles. The monoisotopic (exact) mass is 330 g/mol. The van der Waals surface area contributed by atoms with Crippen LogP contribution in [0, 0.1) is 0 Å². The van der Waals surface area contributed by atoms with Gasteiger partial charge in [0.25, 0.3) is 0 Å². The van der Waals surface area contributed by atoms with Crippen molar-refractivity contribution in [1.82, 2.24) is 24.5 Å². The van der Waals surface area contributed by atoms with Crippen LogP contribution in [0.4, 0.5) is 5.82 Å². The number of thiophene rings is 1. The van der Waals surface area contributed by atoms with Gasteiger partial charge in [0.2, 0.25) is 5.28 Å². The van der Waals surface area contributed by atoms with Crippen LogP contribution in [0.5, 0.6) is 0 Å². The largest absolute Gasteiger partial charge is 0.364 e. The second kappa shape index (κ2) is 5.43. The average Bonchev–Trinajstić information content (AvgIpc) is 3.24. The van der Waals surface area contributed by atoms with Crippen LogP contribution in [0.1, 0.15) is 5.56 Å². The molecule has 22 heavy (non-hydrogen) atoms. The van der Waals surface area contributed by atoms with Crippen molar-refractivity contribution in [2.24, 2.45) is 0 Å².